The molecule has 2 aromatic rings. The monoisotopic (exact) mass is 245 g/mol. The molecule has 1 fully saturated rings. The molecule has 1 aliphatic rings. The van der Waals surface area contributed by atoms with Crippen LogP contribution in [0.3, 0.4) is 0 Å². The van der Waals surface area contributed by atoms with Crippen molar-refractivity contribution in [3.8, 4) is 11.8 Å². The van der Waals surface area contributed by atoms with E-state index in [2.05, 4.69) is 11.1 Å². The van der Waals surface area contributed by atoms with Gasteiger partial charge in [0.15, 0.2) is 5.69 Å². The number of ether oxygens (including phenoxy) is 1. The quantitative estimate of drug-likeness (QED) is 0.896. The van der Waals surface area contributed by atoms with E-state index in [9.17, 15) is 4.79 Å². The van der Waals surface area contributed by atoms with Crippen LogP contribution < -0.4 is 4.74 Å². The van der Waals surface area contributed by atoms with Gasteiger partial charge in [0.1, 0.15) is 12.0 Å². The molecule has 1 heterocycles. The topological polar surface area (TPSA) is 72.6 Å². The van der Waals surface area contributed by atoms with Gasteiger partial charge in [-0.2, -0.15) is 4.98 Å². The number of aromatic nitrogens is 1. The Kier molecular flexibility index (Phi) is 2.51. The molecule has 3 rings (SSSR count). The second-order valence-electron chi connectivity index (χ2n) is 4.25. The lowest BCUT2D eigenvalue weighted by Gasteiger charge is -2.02. The van der Waals surface area contributed by atoms with Crippen molar-refractivity contribution in [1.29, 1.82) is 0 Å². The molecule has 5 nitrogen and oxygen atoms in total. The fourth-order valence-electron chi connectivity index (χ4n) is 1.75. The average molecular weight is 245 g/mol. The van der Waals surface area contributed by atoms with Crippen molar-refractivity contribution in [3.63, 3.8) is 0 Å². The molecule has 0 unspecified atom stereocenters. The van der Waals surface area contributed by atoms with Crippen molar-refractivity contribution in [2.24, 2.45) is 0 Å². The van der Waals surface area contributed by atoms with E-state index in [4.69, 9.17) is 14.3 Å². The third-order valence-corrected chi connectivity index (χ3v) is 2.81. The zero-order valence-electron chi connectivity index (χ0n) is 9.50. The highest BCUT2D eigenvalue weighted by atomic mass is 16.6. The number of oxazole rings is 1. The van der Waals surface area contributed by atoms with Gasteiger partial charge < -0.3 is 14.3 Å². The summed E-state index contributed by atoms with van der Waals surface area (Å²) in [5.74, 6) is 0.103. The average Bonchev–Trinajstić information content (AvgIpc) is 3.10. The van der Waals surface area contributed by atoms with Crippen LogP contribution in [0.15, 0.2) is 34.9 Å². The summed E-state index contributed by atoms with van der Waals surface area (Å²) in [4.78, 5) is 14.3. The minimum atomic E-state index is -1.14. The number of carbonyl (C=O) groups is 1. The highest BCUT2D eigenvalue weighted by molar-refractivity contribution is 5.84. The first-order chi connectivity index (χ1) is 8.72. The Hall–Kier alpha value is -2.30. The van der Waals surface area contributed by atoms with E-state index in [0.29, 0.717) is 11.7 Å². The summed E-state index contributed by atoms with van der Waals surface area (Å²) >= 11 is 0. The third-order valence-electron chi connectivity index (χ3n) is 2.81. The van der Waals surface area contributed by atoms with Crippen LogP contribution in [0, 0.1) is 0 Å². The molecular weight excluding hydrogens is 234 g/mol. The molecule has 0 bridgehead atoms. The molecular formula is C13H11NO4. The van der Waals surface area contributed by atoms with Gasteiger partial charge in [-0.3, -0.25) is 0 Å². The summed E-state index contributed by atoms with van der Waals surface area (Å²) in [6, 6.07) is 7.69. The van der Waals surface area contributed by atoms with Gasteiger partial charge in [0.05, 0.1) is 0 Å². The molecule has 0 amide bonds. The fraction of sp³-hybridized carbons (Fsp3) is 0.231. The van der Waals surface area contributed by atoms with E-state index in [1.54, 1.807) is 6.07 Å². The van der Waals surface area contributed by atoms with E-state index in [0.717, 1.165) is 6.26 Å². The predicted molar refractivity (Wildman–Crippen MR) is 62.0 cm³/mol. The number of carboxylic acids is 1. The minimum absolute atomic E-state index is 0.0552. The van der Waals surface area contributed by atoms with Crippen molar-refractivity contribution in [1.82, 2.24) is 4.98 Å². The van der Waals surface area contributed by atoms with Gasteiger partial charge in [-0.15, -0.1) is 0 Å². The van der Waals surface area contributed by atoms with Gasteiger partial charge in [0, 0.05) is 0 Å². The van der Waals surface area contributed by atoms with Crippen molar-refractivity contribution in [3.05, 3.63) is 41.8 Å². The number of hydrogen-bond acceptors (Lipinski definition) is 4. The zero-order chi connectivity index (χ0) is 12.5. The SMILES string of the molecule is O=C(O)c1coc(Oc2cccc(C3CC3)c2)n1. The highest BCUT2D eigenvalue weighted by Gasteiger charge is 2.23. The third kappa shape index (κ3) is 2.20. The maximum Gasteiger partial charge on any atom is 0.399 e. The first-order valence-corrected chi connectivity index (χ1v) is 5.69. The minimum Gasteiger partial charge on any atom is -0.476 e. The van der Waals surface area contributed by atoms with Crippen molar-refractivity contribution in [2.75, 3.05) is 0 Å². The van der Waals surface area contributed by atoms with E-state index in [1.165, 1.54) is 18.4 Å². The largest absolute Gasteiger partial charge is 0.476 e. The van der Waals surface area contributed by atoms with Gasteiger partial charge >= 0.3 is 12.0 Å². The molecule has 1 aromatic heterocycles. The van der Waals surface area contributed by atoms with Crippen LogP contribution >= 0.6 is 0 Å². The van der Waals surface area contributed by atoms with Gasteiger partial charge in [-0.05, 0) is 36.5 Å². The standard InChI is InChI=1S/C13H11NO4/c15-12(16)11-7-17-13(14-11)18-10-3-1-2-9(6-10)8-4-5-8/h1-3,6-8H,4-5H2,(H,15,16). The Balaban J connectivity index is 1.78. The van der Waals surface area contributed by atoms with Crippen molar-refractivity contribution < 1.29 is 19.1 Å². The molecule has 0 radical (unpaired) electrons. The first-order valence-electron chi connectivity index (χ1n) is 5.69. The number of aromatic carboxylic acids is 1. The smallest absolute Gasteiger partial charge is 0.399 e. The van der Waals surface area contributed by atoms with Crippen LogP contribution in [0.1, 0.15) is 34.8 Å². The molecule has 0 atom stereocenters. The Morgan fingerprint density at radius 1 is 1.44 bits per heavy atom. The van der Waals surface area contributed by atoms with Crippen LogP contribution in [-0.4, -0.2) is 16.1 Å². The van der Waals surface area contributed by atoms with E-state index < -0.39 is 5.97 Å². The van der Waals surface area contributed by atoms with Crippen LogP contribution in [0.5, 0.6) is 11.8 Å². The summed E-state index contributed by atoms with van der Waals surface area (Å²) in [5, 5.41) is 8.71. The van der Waals surface area contributed by atoms with Crippen LogP contribution in [-0.2, 0) is 0 Å². The Labute approximate surface area is 103 Å². The second-order valence-corrected chi connectivity index (χ2v) is 4.25. The van der Waals surface area contributed by atoms with Crippen molar-refractivity contribution in [2.45, 2.75) is 18.8 Å². The first kappa shape index (κ1) is 10.8. The number of hydrogen-bond donors (Lipinski definition) is 1. The van der Waals surface area contributed by atoms with Crippen LogP contribution in [0.4, 0.5) is 0 Å². The van der Waals surface area contributed by atoms with E-state index >= 15 is 0 Å². The molecule has 18 heavy (non-hydrogen) atoms. The lowest BCUT2D eigenvalue weighted by molar-refractivity contribution is 0.0690. The fourth-order valence-corrected chi connectivity index (χ4v) is 1.75. The normalized spacial score (nSPS) is 14.4. The summed E-state index contributed by atoms with van der Waals surface area (Å²) in [6.07, 6.45) is 3.43. The maximum absolute atomic E-state index is 10.6. The van der Waals surface area contributed by atoms with Gasteiger partial charge in [0.2, 0.25) is 0 Å². The van der Waals surface area contributed by atoms with Crippen molar-refractivity contribution >= 4 is 5.97 Å². The molecule has 92 valence electrons. The summed E-state index contributed by atoms with van der Waals surface area (Å²) in [7, 11) is 0. The molecule has 1 N–H and O–H groups in total. The second kappa shape index (κ2) is 4.18. The highest BCUT2D eigenvalue weighted by Crippen LogP contribution is 2.41. The molecule has 1 aliphatic carbocycles. The van der Waals surface area contributed by atoms with E-state index in [-0.39, 0.29) is 11.8 Å². The Bertz CT molecular complexity index is 586. The lowest BCUT2D eigenvalue weighted by atomic mass is 10.1. The number of benzene rings is 1. The molecule has 0 saturated heterocycles. The summed E-state index contributed by atoms with van der Waals surface area (Å²) in [5.41, 5.74) is 1.07. The Morgan fingerprint density at radius 2 is 2.28 bits per heavy atom. The van der Waals surface area contributed by atoms with Crippen LogP contribution in [0.2, 0.25) is 0 Å². The molecule has 0 aliphatic heterocycles. The van der Waals surface area contributed by atoms with E-state index in [1.807, 2.05) is 12.1 Å². The molecule has 1 aromatic carbocycles. The zero-order valence-corrected chi connectivity index (χ0v) is 9.50. The summed E-state index contributed by atoms with van der Waals surface area (Å²) < 4.78 is 10.3. The molecule has 5 heteroatoms. The predicted octanol–water partition coefficient (Wildman–Crippen LogP) is 3.04. The molecule has 1 saturated carbocycles. The van der Waals surface area contributed by atoms with Crippen LogP contribution in [0.25, 0.3) is 0 Å². The number of nitrogens with zero attached hydrogens (tertiary/aromatic N) is 1. The molecule has 0 spiro atoms. The lowest BCUT2D eigenvalue weighted by Crippen LogP contribution is -1.95. The number of rotatable bonds is 4. The number of carboxylic acid groups (broad SMARTS) is 1. The summed E-state index contributed by atoms with van der Waals surface area (Å²) in [6.45, 7) is 0. The Morgan fingerprint density at radius 3 is 2.94 bits per heavy atom. The maximum atomic E-state index is 10.6. The van der Waals surface area contributed by atoms with Gasteiger partial charge in [0.25, 0.3) is 0 Å². The van der Waals surface area contributed by atoms with Gasteiger partial charge in [-0.1, -0.05) is 12.1 Å². The van der Waals surface area contributed by atoms with Gasteiger partial charge in [-0.25, -0.2) is 4.79 Å².